The Kier molecular flexibility index (Phi) is 5.67. The number of nitrogens with one attached hydrogen (secondary N) is 1. The molecule has 0 fully saturated rings. The lowest BCUT2D eigenvalue weighted by atomic mass is 10.2. The molecule has 12 nitrogen and oxygen atoms in total. The predicted molar refractivity (Wildman–Crippen MR) is 88.3 cm³/mol. The van der Waals surface area contributed by atoms with Crippen LogP contribution in [-0.2, 0) is 11.3 Å². The van der Waals surface area contributed by atoms with Crippen molar-refractivity contribution in [2.75, 3.05) is 19.5 Å². The highest BCUT2D eigenvalue weighted by Crippen LogP contribution is 2.29. The molecule has 26 heavy (non-hydrogen) atoms. The van der Waals surface area contributed by atoms with Crippen LogP contribution in [0.3, 0.4) is 0 Å². The van der Waals surface area contributed by atoms with Gasteiger partial charge in [0.05, 0.1) is 36.7 Å². The average molecular weight is 365 g/mol. The van der Waals surface area contributed by atoms with Crippen LogP contribution in [0.5, 0.6) is 11.6 Å². The average Bonchev–Trinajstić information content (AvgIpc) is 3.04. The summed E-state index contributed by atoms with van der Waals surface area (Å²) >= 11 is 0. The number of nitrogens with zero attached hydrogens (tertiary/aromatic N) is 4. The lowest BCUT2D eigenvalue weighted by molar-refractivity contribution is -0.385. The van der Waals surface area contributed by atoms with E-state index in [1.807, 2.05) is 0 Å². The fourth-order valence-corrected chi connectivity index (χ4v) is 2.10. The Hall–Kier alpha value is -3.70. The molecule has 2 aromatic rings. The van der Waals surface area contributed by atoms with E-state index in [4.69, 9.17) is 9.47 Å². The number of methoxy groups -OCH3 is 2. The van der Waals surface area contributed by atoms with E-state index >= 15 is 0 Å². The molecule has 12 heteroatoms. The molecule has 0 aliphatic heterocycles. The van der Waals surface area contributed by atoms with Gasteiger partial charge in [0.1, 0.15) is 17.6 Å². The van der Waals surface area contributed by atoms with E-state index < -0.39 is 15.8 Å². The van der Waals surface area contributed by atoms with E-state index in [1.165, 1.54) is 37.1 Å². The number of nitro groups is 2. The number of anilines is 1. The smallest absolute Gasteiger partial charge is 0.350 e. The second kappa shape index (κ2) is 7.92. The monoisotopic (exact) mass is 365 g/mol. The summed E-state index contributed by atoms with van der Waals surface area (Å²) in [5.41, 5.74) is -0.613. The summed E-state index contributed by atoms with van der Waals surface area (Å²) < 4.78 is 10.9. The first-order valence-corrected chi connectivity index (χ1v) is 7.23. The fourth-order valence-electron chi connectivity index (χ4n) is 2.10. The van der Waals surface area contributed by atoms with Gasteiger partial charge in [-0.25, -0.2) is 0 Å². The molecule has 0 atom stereocenters. The van der Waals surface area contributed by atoms with E-state index in [-0.39, 0.29) is 41.7 Å². The number of aromatic nitrogens is 2. The molecule has 1 N–H and O–H groups in total. The van der Waals surface area contributed by atoms with E-state index in [9.17, 15) is 25.0 Å². The molecule has 138 valence electrons. The summed E-state index contributed by atoms with van der Waals surface area (Å²) in [7, 11) is 2.62. The minimum atomic E-state index is -0.650. The molecule has 0 unspecified atom stereocenters. The van der Waals surface area contributed by atoms with Gasteiger partial charge in [0.2, 0.25) is 5.91 Å². The fraction of sp³-hybridized carbons (Fsp3) is 0.286. The number of hydrogen-bond donors (Lipinski definition) is 1. The van der Waals surface area contributed by atoms with Crippen molar-refractivity contribution in [1.82, 2.24) is 9.78 Å². The van der Waals surface area contributed by atoms with Crippen molar-refractivity contribution in [3.05, 3.63) is 44.6 Å². The molecule has 0 saturated carbocycles. The minimum absolute atomic E-state index is 0.0184. The Balaban J connectivity index is 2.06. The van der Waals surface area contributed by atoms with Crippen LogP contribution in [0, 0.1) is 20.2 Å². The molecule has 0 aliphatic rings. The van der Waals surface area contributed by atoms with Crippen molar-refractivity contribution in [2.24, 2.45) is 0 Å². The third kappa shape index (κ3) is 4.23. The van der Waals surface area contributed by atoms with E-state index in [0.29, 0.717) is 0 Å². The number of carbonyl (C=O) groups excluding carboxylic acids is 1. The highest BCUT2D eigenvalue weighted by molar-refractivity contribution is 5.93. The predicted octanol–water partition coefficient (Wildman–Crippen LogP) is 1.75. The van der Waals surface area contributed by atoms with Crippen molar-refractivity contribution >= 4 is 23.0 Å². The van der Waals surface area contributed by atoms with Crippen LogP contribution in [0.15, 0.2) is 24.4 Å². The maximum Gasteiger partial charge on any atom is 0.350 e. The Bertz CT molecular complexity index is 848. The van der Waals surface area contributed by atoms with Crippen LogP contribution in [0.2, 0.25) is 0 Å². The van der Waals surface area contributed by atoms with Crippen molar-refractivity contribution in [3.8, 4) is 11.6 Å². The second-order valence-electron chi connectivity index (χ2n) is 4.98. The highest BCUT2D eigenvalue weighted by Gasteiger charge is 2.21. The number of rotatable bonds is 8. The molecule has 0 spiro atoms. The standard InChI is InChI=1S/C14H15N5O7/c1-25-9-3-4-10(11(7-9)18(21)22)15-13(20)5-6-17-8-12(19(23)24)14(16-17)26-2/h3-4,7-8H,5-6H2,1-2H3,(H,15,20). The first-order valence-electron chi connectivity index (χ1n) is 7.23. The number of benzene rings is 1. The van der Waals surface area contributed by atoms with E-state index in [2.05, 4.69) is 10.4 Å². The normalized spacial score (nSPS) is 10.2. The molecule has 0 aliphatic carbocycles. The summed E-state index contributed by atoms with van der Waals surface area (Å²) in [4.78, 5) is 32.7. The molecule has 1 amide bonds. The minimum Gasteiger partial charge on any atom is -0.496 e. The number of carbonyl (C=O) groups is 1. The van der Waals surface area contributed by atoms with E-state index in [0.717, 1.165) is 6.20 Å². The third-order valence-corrected chi connectivity index (χ3v) is 3.34. The SMILES string of the molecule is COc1ccc(NC(=O)CCn2cc([N+](=O)[O-])c(OC)n2)c([N+](=O)[O-])c1. The summed E-state index contributed by atoms with van der Waals surface area (Å²) in [6, 6.07) is 4.03. The summed E-state index contributed by atoms with van der Waals surface area (Å²) in [5, 5.41) is 28.2. The Morgan fingerprint density at radius 3 is 2.42 bits per heavy atom. The second-order valence-corrected chi connectivity index (χ2v) is 4.98. The van der Waals surface area contributed by atoms with Gasteiger partial charge in [0.25, 0.3) is 5.69 Å². The Labute approximate surface area is 146 Å². The van der Waals surface area contributed by atoms with Crippen LogP contribution in [-0.4, -0.2) is 39.8 Å². The number of hydrogen-bond acceptors (Lipinski definition) is 8. The third-order valence-electron chi connectivity index (χ3n) is 3.34. The number of aryl methyl sites for hydroxylation is 1. The van der Waals surface area contributed by atoms with Gasteiger partial charge in [-0.3, -0.25) is 29.7 Å². The maximum atomic E-state index is 12.0. The molecule has 2 rings (SSSR count). The van der Waals surface area contributed by atoms with Gasteiger partial charge >= 0.3 is 11.6 Å². The summed E-state index contributed by atoms with van der Waals surface area (Å²) in [5.74, 6) is -0.401. The first-order chi connectivity index (χ1) is 12.3. The topological polar surface area (TPSA) is 152 Å². The maximum absolute atomic E-state index is 12.0. The summed E-state index contributed by atoms with van der Waals surface area (Å²) in [6.07, 6.45) is 1.03. The van der Waals surface area contributed by atoms with Crippen LogP contribution < -0.4 is 14.8 Å². The molecule has 0 bridgehead atoms. The number of nitro benzene ring substituents is 1. The van der Waals surface area contributed by atoms with Crippen molar-refractivity contribution in [3.63, 3.8) is 0 Å². The van der Waals surface area contributed by atoms with Crippen LogP contribution in [0.1, 0.15) is 6.42 Å². The summed E-state index contributed by atoms with van der Waals surface area (Å²) in [6.45, 7) is 0.0278. The number of amides is 1. The van der Waals surface area contributed by atoms with Gasteiger partial charge in [0.15, 0.2) is 0 Å². The Morgan fingerprint density at radius 1 is 1.19 bits per heavy atom. The quantitative estimate of drug-likeness (QED) is 0.548. The number of ether oxygens (including phenoxy) is 2. The molecule has 0 saturated heterocycles. The van der Waals surface area contributed by atoms with Crippen LogP contribution in [0.25, 0.3) is 0 Å². The van der Waals surface area contributed by atoms with Gasteiger partial charge in [0, 0.05) is 6.42 Å². The highest BCUT2D eigenvalue weighted by atomic mass is 16.6. The molecule has 1 aromatic heterocycles. The zero-order chi connectivity index (χ0) is 19.3. The van der Waals surface area contributed by atoms with Crippen molar-refractivity contribution in [1.29, 1.82) is 0 Å². The van der Waals surface area contributed by atoms with Crippen LogP contribution >= 0.6 is 0 Å². The van der Waals surface area contributed by atoms with Gasteiger partial charge in [-0.2, -0.15) is 0 Å². The van der Waals surface area contributed by atoms with Gasteiger partial charge < -0.3 is 14.8 Å². The van der Waals surface area contributed by atoms with Crippen molar-refractivity contribution in [2.45, 2.75) is 13.0 Å². The molecule has 0 radical (unpaired) electrons. The lowest BCUT2D eigenvalue weighted by Gasteiger charge is -2.07. The van der Waals surface area contributed by atoms with Gasteiger partial charge in [-0.05, 0) is 12.1 Å². The lowest BCUT2D eigenvalue weighted by Crippen LogP contribution is -2.15. The zero-order valence-corrected chi connectivity index (χ0v) is 13.9. The molecular weight excluding hydrogens is 350 g/mol. The van der Waals surface area contributed by atoms with E-state index in [1.54, 1.807) is 0 Å². The molecular formula is C14H15N5O7. The Morgan fingerprint density at radius 2 is 1.88 bits per heavy atom. The van der Waals surface area contributed by atoms with Crippen LogP contribution in [0.4, 0.5) is 17.1 Å². The first kappa shape index (κ1) is 18.6. The van der Waals surface area contributed by atoms with Gasteiger partial charge in [-0.15, -0.1) is 5.10 Å². The molecule has 1 heterocycles. The zero-order valence-electron chi connectivity index (χ0n) is 13.9. The molecule has 1 aromatic carbocycles. The van der Waals surface area contributed by atoms with Crippen molar-refractivity contribution < 1.29 is 24.1 Å². The largest absolute Gasteiger partial charge is 0.496 e. The van der Waals surface area contributed by atoms with Gasteiger partial charge in [-0.1, -0.05) is 0 Å².